The maximum Gasteiger partial charge on any atom is 0.137 e. The normalized spacial score (nSPS) is 10.4. The van der Waals surface area contributed by atoms with E-state index in [2.05, 4.69) is 17.4 Å². The van der Waals surface area contributed by atoms with Crippen LogP contribution in [0.2, 0.25) is 5.02 Å². The zero-order valence-electron chi connectivity index (χ0n) is 11.0. The number of rotatable bonds is 6. The average molecular weight is 276 g/mol. The number of nitrogens with one attached hydrogen (secondary N) is 1. The Morgan fingerprint density at radius 2 is 1.84 bits per heavy atom. The minimum atomic E-state index is 0.634. The molecule has 2 rings (SSSR count). The molecule has 0 heterocycles. The predicted molar refractivity (Wildman–Crippen MR) is 79.9 cm³/mol. The van der Waals surface area contributed by atoms with E-state index < -0.39 is 0 Å². The topological polar surface area (TPSA) is 21.3 Å². The van der Waals surface area contributed by atoms with Crippen LogP contribution in [0.15, 0.2) is 48.5 Å². The van der Waals surface area contributed by atoms with Gasteiger partial charge in [-0.3, -0.25) is 0 Å². The van der Waals surface area contributed by atoms with Crippen LogP contribution in [-0.4, -0.2) is 13.7 Å². The summed E-state index contributed by atoms with van der Waals surface area (Å²) in [7, 11) is 1.91. The van der Waals surface area contributed by atoms with Crippen molar-refractivity contribution in [3.8, 4) is 5.75 Å². The second-order valence-corrected chi connectivity index (χ2v) is 4.79. The van der Waals surface area contributed by atoms with E-state index in [1.807, 2.05) is 43.4 Å². The summed E-state index contributed by atoms with van der Waals surface area (Å²) in [5, 5.41) is 3.76. The van der Waals surface area contributed by atoms with Crippen LogP contribution >= 0.6 is 11.6 Å². The summed E-state index contributed by atoms with van der Waals surface area (Å²) in [6.45, 7) is 1.44. The second-order valence-electron chi connectivity index (χ2n) is 4.38. The molecule has 0 atom stereocenters. The van der Waals surface area contributed by atoms with E-state index in [9.17, 15) is 0 Å². The summed E-state index contributed by atoms with van der Waals surface area (Å²) in [4.78, 5) is 0. The van der Waals surface area contributed by atoms with Crippen molar-refractivity contribution >= 4 is 11.6 Å². The minimum absolute atomic E-state index is 0.634. The van der Waals surface area contributed by atoms with Crippen molar-refractivity contribution in [3.63, 3.8) is 0 Å². The molecule has 0 fully saturated rings. The van der Waals surface area contributed by atoms with Crippen LogP contribution in [0.1, 0.15) is 11.1 Å². The van der Waals surface area contributed by atoms with Gasteiger partial charge < -0.3 is 10.1 Å². The van der Waals surface area contributed by atoms with Crippen molar-refractivity contribution < 1.29 is 4.74 Å². The van der Waals surface area contributed by atoms with Crippen LogP contribution in [0.25, 0.3) is 0 Å². The van der Waals surface area contributed by atoms with Crippen molar-refractivity contribution in [1.82, 2.24) is 5.32 Å². The Kier molecular flexibility index (Phi) is 5.25. The van der Waals surface area contributed by atoms with E-state index in [1.54, 1.807) is 0 Å². The average Bonchev–Trinajstić information content (AvgIpc) is 2.43. The van der Waals surface area contributed by atoms with Gasteiger partial charge in [-0.15, -0.1) is 0 Å². The molecule has 0 aliphatic heterocycles. The number of benzene rings is 2. The van der Waals surface area contributed by atoms with E-state index in [-0.39, 0.29) is 0 Å². The molecule has 0 spiro atoms. The number of hydrogen-bond acceptors (Lipinski definition) is 2. The Hall–Kier alpha value is -1.51. The van der Waals surface area contributed by atoms with Gasteiger partial charge in [0.25, 0.3) is 0 Å². The molecule has 0 bridgehead atoms. The van der Waals surface area contributed by atoms with Gasteiger partial charge in [-0.1, -0.05) is 48.0 Å². The molecule has 0 unspecified atom stereocenters. The summed E-state index contributed by atoms with van der Waals surface area (Å²) >= 11 is 6.19. The maximum absolute atomic E-state index is 6.19. The smallest absolute Gasteiger partial charge is 0.137 e. The van der Waals surface area contributed by atoms with Gasteiger partial charge in [0, 0.05) is 13.0 Å². The minimum Gasteiger partial charge on any atom is -0.492 e. The third-order valence-corrected chi connectivity index (χ3v) is 3.16. The number of hydrogen-bond donors (Lipinski definition) is 1. The number of halogens is 1. The monoisotopic (exact) mass is 275 g/mol. The fourth-order valence-corrected chi connectivity index (χ4v) is 2.16. The van der Waals surface area contributed by atoms with Gasteiger partial charge in [0.1, 0.15) is 5.75 Å². The lowest BCUT2D eigenvalue weighted by Crippen LogP contribution is -2.05. The van der Waals surface area contributed by atoms with Gasteiger partial charge in [0.05, 0.1) is 11.6 Å². The van der Waals surface area contributed by atoms with Gasteiger partial charge in [0.2, 0.25) is 0 Å². The molecular weight excluding hydrogens is 258 g/mol. The molecule has 1 N–H and O–H groups in total. The van der Waals surface area contributed by atoms with Gasteiger partial charge in [-0.25, -0.2) is 0 Å². The lowest BCUT2D eigenvalue weighted by Gasteiger charge is -2.09. The fraction of sp³-hybridized carbons (Fsp3) is 0.250. The third-order valence-electron chi connectivity index (χ3n) is 2.87. The van der Waals surface area contributed by atoms with Gasteiger partial charge in [-0.05, 0) is 30.3 Å². The summed E-state index contributed by atoms with van der Waals surface area (Å²) in [5.74, 6) is 0.748. The Labute approximate surface area is 119 Å². The van der Waals surface area contributed by atoms with Crippen LogP contribution in [0, 0.1) is 0 Å². The van der Waals surface area contributed by atoms with Crippen LogP contribution in [0.4, 0.5) is 0 Å². The van der Waals surface area contributed by atoms with Crippen LogP contribution in [0.5, 0.6) is 5.75 Å². The first-order chi connectivity index (χ1) is 9.29. The molecule has 0 amide bonds. The highest BCUT2D eigenvalue weighted by molar-refractivity contribution is 6.32. The van der Waals surface area contributed by atoms with E-state index >= 15 is 0 Å². The zero-order valence-corrected chi connectivity index (χ0v) is 11.8. The second kappa shape index (κ2) is 7.17. The Morgan fingerprint density at radius 3 is 2.53 bits per heavy atom. The van der Waals surface area contributed by atoms with Crippen LogP contribution in [0.3, 0.4) is 0 Å². The summed E-state index contributed by atoms with van der Waals surface area (Å²) < 4.78 is 5.72. The summed E-state index contributed by atoms with van der Waals surface area (Å²) in [6.07, 6.45) is 0.884. The fourth-order valence-electron chi connectivity index (χ4n) is 1.90. The highest BCUT2D eigenvalue weighted by Crippen LogP contribution is 2.25. The van der Waals surface area contributed by atoms with E-state index in [0.29, 0.717) is 11.6 Å². The number of ether oxygens (including phenoxy) is 1. The molecule has 2 nitrogen and oxygen atoms in total. The highest BCUT2D eigenvalue weighted by Gasteiger charge is 2.03. The molecule has 19 heavy (non-hydrogen) atoms. The van der Waals surface area contributed by atoms with Gasteiger partial charge in [0.15, 0.2) is 0 Å². The van der Waals surface area contributed by atoms with Crippen LogP contribution < -0.4 is 10.1 Å². The first kappa shape index (κ1) is 13.9. The summed E-state index contributed by atoms with van der Waals surface area (Å²) in [6, 6.07) is 16.2. The lowest BCUT2D eigenvalue weighted by molar-refractivity contribution is 0.322. The first-order valence-electron chi connectivity index (χ1n) is 6.39. The SMILES string of the molecule is CNCc1ccc(OCCc2ccccc2)c(Cl)c1. The standard InChI is InChI=1S/C16H18ClNO/c1-18-12-14-7-8-16(15(17)11-14)19-10-9-13-5-3-2-4-6-13/h2-8,11,18H,9-10,12H2,1H3. The van der Waals surface area contributed by atoms with Gasteiger partial charge >= 0.3 is 0 Å². The van der Waals surface area contributed by atoms with Crippen LogP contribution in [-0.2, 0) is 13.0 Å². The predicted octanol–water partition coefficient (Wildman–Crippen LogP) is 3.68. The van der Waals surface area contributed by atoms with E-state index in [4.69, 9.17) is 16.3 Å². The lowest BCUT2D eigenvalue weighted by atomic mass is 10.2. The quantitative estimate of drug-likeness (QED) is 0.868. The molecule has 0 radical (unpaired) electrons. The molecule has 2 aromatic carbocycles. The van der Waals surface area contributed by atoms with Crippen molar-refractivity contribution in [3.05, 3.63) is 64.7 Å². The zero-order chi connectivity index (χ0) is 13.5. The Balaban J connectivity index is 1.89. The maximum atomic E-state index is 6.19. The van der Waals surface area contributed by atoms with Crippen molar-refractivity contribution in [1.29, 1.82) is 0 Å². The molecule has 0 aliphatic rings. The van der Waals surface area contributed by atoms with E-state index in [1.165, 1.54) is 5.56 Å². The molecule has 0 saturated heterocycles. The van der Waals surface area contributed by atoms with Crippen molar-refractivity contribution in [2.45, 2.75) is 13.0 Å². The molecule has 2 aromatic rings. The van der Waals surface area contributed by atoms with Crippen molar-refractivity contribution in [2.24, 2.45) is 0 Å². The van der Waals surface area contributed by atoms with Gasteiger partial charge in [-0.2, -0.15) is 0 Å². The molecule has 3 heteroatoms. The highest BCUT2D eigenvalue weighted by atomic mass is 35.5. The molecular formula is C16H18ClNO. The first-order valence-corrected chi connectivity index (χ1v) is 6.77. The Morgan fingerprint density at radius 1 is 1.05 bits per heavy atom. The molecule has 0 aromatic heterocycles. The largest absolute Gasteiger partial charge is 0.492 e. The molecule has 100 valence electrons. The van der Waals surface area contributed by atoms with Crippen molar-refractivity contribution in [2.75, 3.05) is 13.7 Å². The van der Waals surface area contributed by atoms with E-state index in [0.717, 1.165) is 24.3 Å². The molecule has 0 saturated carbocycles. The summed E-state index contributed by atoms with van der Waals surface area (Å²) in [5.41, 5.74) is 2.42. The third kappa shape index (κ3) is 4.27. The Bertz CT molecular complexity index is 513. The molecule has 0 aliphatic carbocycles.